The summed E-state index contributed by atoms with van der Waals surface area (Å²) in [6, 6.07) is 12.7. The summed E-state index contributed by atoms with van der Waals surface area (Å²) in [4.78, 5) is 26.9. The van der Waals surface area contributed by atoms with Gasteiger partial charge in [0.2, 0.25) is 0 Å². The van der Waals surface area contributed by atoms with E-state index in [-0.39, 0.29) is 16.9 Å². The lowest BCUT2D eigenvalue weighted by Crippen LogP contribution is -2.36. The molecule has 0 unspecified atom stereocenters. The molecule has 0 aliphatic carbocycles. The predicted molar refractivity (Wildman–Crippen MR) is 124 cm³/mol. The second-order valence-electron chi connectivity index (χ2n) is 6.81. The number of carbonyl (C=O) groups excluding carboxylic acids is 2. The maximum Gasteiger partial charge on any atom is 0.257 e. The van der Waals surface area contributed by atoms with E-state index in [4.69, 9.17) is 12.2 Å². The van der Waals surface area contributed by atoms with E-state index in [1.54, 1.807) is 18.2 Å². The molecule has 1 saturated heterocycles. The molecule has 1 aliphatic rings. The number of rotatable bonds is 3. The van der Waals surface area contributed by atoms with Gasteiger partial charge in [-0.25, -0.2) is 0 Å². The molecule has 2 aromatic rings. The Labute approximate surface area is 184 Å². The molecule has 146 valence electrons. The standard InChI is InChI=1S/C21H22IN3O2S/c1-14-8-9-15(13-18(14)22)19(26)24-21(28)23-17-7-5-6-16(12-17)20(27)25-10-3-2-4-11-25/h5-9,12-13H,2-4,10-11H2,1H3,(H2,23,24,26,28). The molecule has 1 fully saturated rings. The molecule has 0 atom stereocenters. The van der Waals surface area contributed by atoms with Gasteiger partial charge in [-0.1, -0.05) is 12.1 Å². The number of carbonyl (C=O) groups is 2. The minimum absolute atomic E-state index is 0.0348. The molecule has 2 aromatic carbocycles. The summed E-state index contributed by atoms with van der Waals surface area (Å²) in [5.74, 6) is -0.233. The number of amides is 2. The van der Waals surface area contributed by atoms with Crippen LogP contribution in [0.4, 0.5) is 5.69 Å². The summed E-state index contributed by atoms with van der Waals surface area (Å²) >= 11 is 7.46. The molecule has 1 aliphatic heterocycles. The van der Waals surface area contributed by atoms with Crippen LogP contribution in [0.2, 0.25) is 0 Å². The van der Waals surface area contributed by atoms with Gasteiger partial charge in [-0.3, -0.25) is 14.9 Å². The first-order valence-corrected chi connectivity index (χ1v) is 10.7. The third-order valence-electron chi connectivity index (χ3n) is 4.67. The quantitative estimate of drug-likeness (QED) is 0.479. The zero-order chi connectivity index (χ0) is 20.1. The van der Waals surface area contributed by atoms with Crippen molar-refractivity contribution < 1.29 is 9.59 Å². The van der Waals surface area contributed by atoms with E-state index in [0.717, 1.165) is 35.1 Å². The summed E-state index contributed by atoms with van der Waals surface area (Å²) in [5, 5.41) is 5.88. The number of aryl methyl sites for hydroxylation is 1. The number of thiocarbonyl (C=S) groups is 1. The normalized spacial score (nSPS) is 13.7. The SMILES string of the molecule is Cc1ccc(C(=O)NC(=S)Nc2cccc(C(=O)N3CCCCC3)c2)cc1I. The number of hydrogen-bond acceptors (Lipinski definition) is 3. The lowest BCUT2D eigenvalue weighted by atomic mass is 10.1. The molecule has 0 radical (unpaired) electrons. The van der Waals surface area contributed by atoms with Crippen LogP contribution in [0.3, 0.4) is 0 Å². The van der Waals surface area contributed by atoms with E-state index in [1.165, 1.54) is 6.42 Å². The third kappa shape index (κ3) is 5.29. The number of anilines is 1. The van der Waals surface area contributed by atoms with Gasteiger partial charge in [-0.05, 0) is 96.9 Å². The topological polar surface area (TPSA) is 61.4 Å². The van der Waals surface area contributed by atoms with E-state index in [9.17, 15) is 9.59 Å². The van der Waals surface area contributed by atoms with Gasteiger partial charge in [0.25, 0.3) is 11.8 Å². The van der Waals surface area contributed by atoms with Crippen LogP contribution in [0, 0.1) is 10.5 Å². The van der Waals surface area contributed by atoms with Gasteiger partial charge in [-0.15, -0.1) is 0 Å². The molecule has 7 heteroatoms. The number of benzene rings is 2. The molecule has 0 spiro atoms. The van der Waals surface area contributed by atoms with Gasteiger partial charge in [0.15, 0.2) is 5.11 Å². The average Bonchev–Trinajstić information content (AvgIpc) is 2.70. The van der Waals surface area contributed by atoms with Gasteiger partial charge in [-0.2, -0.15) is 0 Å². The Morgan fingerprint density at radius 2 is 1.79 bits per heavy atom. The fourth-order valence-electron chi connectivity index (χ4n) is 3.08. The zero-order valence-electron chi connectivity index (χ0n) is 15.6. The van der Waals surface area contributed by atoms with E-state index in [0.29, 0.717) is 16.8 Å². The van der Waals surface area contributed by atoms with Gasteiger partial charge in [0.1, 0.15) is 0 Å². The van der Waals surface area contributed by atoms with Crippen LogP contribution < -0.4 is 10.6 Å². The molecule has 1 heterocycles. The van der Waals surface area contributed by atoms with Crippen LogP contribution in [0.25, 0.3) is 0 Å². The molecule has 2 amide bonds. The first kappa shape index (κ1) is 20.7. The number of likely N-dealkylation sites (tertiary alicyclic amines) is 1. The molecule has 5 nitrogen and oxygen atoms in total. The summed E-state index contributed by atoms with van der Waals surface area (Å²) in [6.07, 6.45) is 3.29. The maximum atomic E-state index is 12.7. The van der Waals surface area contributed by atoms with Crippen LogP contribution in [0.15, 0.2) is 42.5 Å². The van der Waals surface area contributed by atoms with Crippen molar-refractivity contribution in [3.63, 3.8) is 0 Å². The van der Waals surface area contributed by atoms with Crippen molar-refractivity contribution in [3.05, 3.63) is 62.7 Å². The van der Waals surface area contributed by atoms with Crippen LogP contribution in [-0.4, -0.2) is 34.9 Å². The van der Waals surface area contributed by atoms with Crippen LogP contribution in [-0.2, 0) is 0 Å². The van der Waals surface area contributed by atoms with Crippen molar-refractivity contribution in [2.24, 2.45) is 0 Å². The number of hydrogen-bond donors (Lipinski definition) is 2. The molecule has 0 saturated carbocycles. The van der Waals surface area contributed by atoms with Crippen molar-refractivity contribution in [1.82, 2.24) is 10.2 Å². The molecular weight excluding hydrogens is 485 g/mol. The third-order valence-corrected chi connectivity index (χ3v) is 6.04. The van der Waals surface area contributed by atoms with Gasteiger partial charge >= 0.3 is 0 Å². The molecular formula is C21H22IN3O2S. The summed E-state index contributed by atoms with van der Waals surface area (Å²) in [6.45, 7) is 3.61. The first-order chi connectivity index (χ1) is 13.4. The Kier molecular flexibility index (Phi) is 7.01. The predicted octanol–water partition coefficient (Wildman–Crippen LogP) is 4.35. The maximum absolute atomic E-state index is 12.7. The highest BCUT2D eigenvalue weighted by atomic mass is 127. The molecule has 28 heavy (non-hydrogen) atoms. The van der Waals surface area contributed by atoms with E-state index in [2.05, 4.69) is 33.2 Å². The molecule has 0 aromatic heterocycles. The van der Waals surface area contributed by atoms with Gasteiger partial charge in [0.05, 0.1) is 0 Å². The largest absolute Gasteiger partial charge is 0.339 e. The van der Waals surface area contributed by atoms with Gasteiger partial charge in [0, 0.05) is 33.5 Å². The lowest BCUT2D eigenvalue weighted by Gasteiger charge is -2.26. The number of nitrogens with one attached hydrogen (secondary N) is 2. The minimum Gasteiger partial charge on any atom is -0.339 e. The van der Waals surface area contributed by atoms with E-state index >= 15 is 0 Å². The average molecular weight is 507 g/mol. The van der Waals surface area contributed by atoms with Crippen molar-refractivity contribution in [1.29, 1.82) is 0 Å². The smallest absolute Gasteiger partial charge is 0.257 e. The van der Waals surface area contributed by atoms with Crippen LogP contribution in [0.5, 0.6) is 0 Å². The number of piperidine rings is 1. The highest BCUT2D eigenvalue weighted by molar-refractivity contribution is 14.1. The van der Waals surface area contributed by atoms with Crippen molar-refractivity contribution in [3.8, 4) is 0 Å². The highest BCUT2D eigenvalue weighted by Crippen LogP contribution is 2.17. The Bertz CT molecular complexity index is 910. The van der Waals surface area contributed by atoms with E-state index in [1.807, 2.05) is 36.1 Å². The number of nitrogens with zero attached hydrogens (tertiary/aromatic N) is 1. The Morgan fingerprint density at radius 3 is 2.50 bits per heavy atom. The summed E-state index contributed by atoms with van der Waals surface area (Å²) in [5.41, 5.74) is 2.96. The van der Waals surface area contributed by atoms with E-state index < -0.39 is 0 Å². The zero-order valence-corrected chi connectivity index (χ0v) is 18.6. The van der Waals surface area contributed by atoms with Crippen molar-refractivity contribution >= 4 is 57.4 Å². The molecule has 3 rings (SSSR count). The van der Waals surface area contributed by atoms with Gasteiger partial charge < -0.3 is 10.2 Å². The minimum atomic E-state index is -0.268. The highest BCUT2D eigenvalue weighted by Gasteiger charge is 2.18. The molecule has 0 bridgehead atoms. The summed E-state index contributed by atoms with van der Waals surface area (Å²) in [7, 11) is 0. The first-order valence-electron chi connectivity index (χ1n) is 9.22. The lowest BCUT2D eigenvalue weighted by molar-refractivity contribution is 0.0724. The van der Waals surface area contributed by atoms with Crippen molar-refractivity contribution in [2.75, 3.05) is 18.4 Å². The second-order valence-corrected chi connectivity index (χ2v) is 8.38. The molecule has 2 N–H and O–H groups in total. The fraction of sp³-hybridized carbons (Fsp3) is 0.286. The second kappa shape index (κ2) is 9.47. The Balaban J connectivity index is 1.63. The van der Waals surface area contributed by atoms with Crippen LogP contribution >= 0.6 is 34.8 Å². The Morgan fingerprint density at radius 1 is 1.04 bits per heavy atom. The monoisotopic (exact) mass is 507 g/mol. The summed E-state index contributed by atoms with van der Waals surface area (Å²) < 4.78 is 1.02. The number of halogens is 1. The van der Waals surface area contributed by atoms with Crippen molar-refractivity contribution in [2.45, 2.75) is 26.2 Å². The van der Waals surface area contributed by atoms with Crippen LogP contribution in [0.1, 0.15) is 45.5 Å². The Hall–Kier alpha value is -2.00. The fourth-order valence-corrected chi connectivity index (χ4v) is 3.81.